The lowest BCUT2D eigenvalue weighted by Gasteiger charge is -2.12. The Kier molecular flexibility index (Phi) is 6.32. The van der Waals surface area contributed by atoms with Gasteiger partial charge >= 0.3 is 0 Å². The van der Waals surface area contributed by atoms with Crippen molar-refractivity contribution in [2.45, 2.75) is 32.1 Å². The van der Waals surface area contributed by atoms with E-state index in [-0.39, 0.29) is 28.8 Å². The zero-order chi connectivity index (χ0) is 25.4. The van der Waals surface area contributed by atoms with Crippen LogP contribution in [0.25, 0.3) is 11.0 Å². The van der Waals surface area contributed by atoms with Crippen LogP contribution in [0.15, 0.2) is 54.6 Å². The molecule has 2 N–H and O–H groups in total. The summed E-state index contributed by atoms with van der Waals surface area (Å²) < 4.78 is 14.0. The van der Waals surface area contributed by atoms with Crippen molar-refractivity contribution in [1.29, 1.82) is 0 Å². The van der Waals surface area contributed by atoms with Crippen molar-refractivity contribution in [2.75, 3.05) is 0 Å². The van der Waals surface area contributed by atoms with Crippen LogP contribution in [0.2, 0.25) is 0 Å². The number of aromatic hydroxyl groups is 1. The number of imidazole rings is 1. The summed E-state index contributed by atoms with van der Waals surface area (Å²) in [5, 5.41) is 11.5. The highest BCUT2D eigenvalue weighted by atomic mass is 32.2. The minimum Gasteiger partial charge on any atom is -0.508 e. The number of aryl methyl sites for hydroxylation is 1. The quantitative estimate of drug-likeness (QED) is 0.359. The SMILES string of the molecule is Cc1c(O)ccc(Oc2ccc3nc(COc4ccc(CC5SC(=O)NC5=O)cc4)n(C)c3c2)c1C. The molecule has 0 saturated carbocycles. The van der Waals surface area contributed by atoms with Crippen molar-refractivity contribution >= 4 is 33.9 Å². The number of ether oxygens (including phenoxy) is 2. The van der Waals surface area contributed by atoms with Crippen molar-refractivity contribution in [3.05, 3.63) is 77.1 Å². The number of hydrogen-bond acceptors (Lipinski definition) is 7. The third kappa shape index (κ3) is 4.74. The molecule has 1 aromatic heterocycles. The van der Waals surface area contributed by atoms with Crippen molar-refractivity contribution in [2.24, 2.45) is 7.05 Å². The summed E-state index contributed by atoms with van der Waals surface area (Å²) in [5.41, 5.74) is 4.38. The first-order valence-corrected chi connectivity index (χ1v) is 12.3. The summed E-state index contributed by atoms with van der Waals surface area (Å²) in [6.45, 7) is 4.06. The normalized spacial score (nSPS) is 15.4. The Morgan fingerprint density at radius 2 is 1.78 bits per heavy atom. The summed E-state index contributed by atoms with van der Waals surface area (Å²) in [6, 6.07) is 16.6. The van der Waals surface area contributed by atoms with Crippen molar-refractivity contribution in [3.63, 3.8) is 0 Å². The van der Waals surface area contributed by atoms with E-state index in [1.54, 1.807) is 12.1 Å². The van der Waals surface area contributed by atoms with Gasteiger partial charge in [0, 0.05) is 13.1 Å². The van der Waals surface area contributed by atoms with Crippen LogP contribution < -0.4 is 14.8 Å². The Morgan fingerprint density at radius 1 is 1.03 bits per heavy atom. The molecule has 2 heterocycles. The van der Waals surface area contributed by atoms with Crippen LogP contribution in [0, 0.1) is 13.8 Å². The van der Waals surface area contributed by atoms with Gasteiger partial charge in [-0.25, -0.2) is 4.98 Å². The van der Waals surface area contributed by atoms with Gasteiger partial charge in [0.2, 0.25) is 5.91 Å². The first-order valence-electron chi connectivity index (χ1n) is 11.4. The van der Waals surface area contributed by atoms with E-state index in [1.165, 1.54) is 0 Å². The maximum Gasteiger partial charge on any atom is 0.286 e. The van der Waals surface area contributed by atoms with Crippen LogP contribution in [-0.4, -0.2) is 31.1 Å². The Labute approximate surface area is 212 Å². The van der Waals surface area contributed by atoms with Gasteiger partial charge in [0.05, 0.1) is 16.3 Å². The highest BCUT2D eigenvalue weighted by Gasteiger charge is 2.31. The van der Waals surface area contributed by atoms with Gasteiger partial charge in [-0.05, 0) is 73.4 Å². The molecule has 184 valence electrons. The molecule has 1 aliphatic rings. The zero-order valence-corrected chi connectivity index (χ0v) is 20.9. The molecule has 3 aromatic carbocycles. The monoisotopic (exact) mass is 503 g/mol. The number of carbonyl (C=O) groups is 2. The maximum atomic E-state index is 11.8. The fourth-order valence-corrected chi connectivity index (χ4v) is 4.90. The van der Waals surface area contributed by atoms with Gasteiger partial charge in [0.1, 0.15) is 35.4 Å². The maximum absolute atomic E-state index is 11.8. The van der Waals surface area contributed by atoms with Crippen molar-refractivity contribution < 1.29 is 24.2 Å². The van der Waals surface area contributed by atoms with Gasteiger partial charge in [-0.2, -0.15) is 0 Å². The van der Waals surface area contributed by atoms with Gasteiger partial charge in [-0.15, -0.1) is 0 Å². The summed E-state index contributed by atoms with van der Waals surface area (Å²) in [7, 11) is 1.93. The molecule has 1 atom stereocenters. The van der Waals surface area contributed by atoms with E-state index in [0.29, 0.717) is 23.7 Å². The van der Waals surface area contributed by atoms with Crippen LogP contribution >= 0.6 is 11.8 Å². The van der Waals surface area contributed by atoms with Crippen molar-refractivity contribution in [1.82, 2.24) is 14.9 Å². The smallest absolute Gasteiger partial charge is 0.286 e. The summed E-state index contributed by atoms with van der Waals surface area (Å²) in [6.07, 6.45) is 0.487. The number of amides is 2. The minimum atomic E-state index is -0.389. The van der Waals surface area contributed by atoms with E-state index in [4.69, 9.17) is 14.5 Å². The van der Waals surface area contributed by atoms with E-state index >= 15 is 0 Å². The fourth-order valence-electron chi connectivity index (χ4n) is 4.04. The van der Waals surface area contributed by atoms with Gasteiger partial charge in [-0.3, -0.25) is 14.9 Å². The number of hydrogen-bond donors (Lipinski definition) is 2. The van der Waals surface area contributed by atoms with E-state index in [2.05, 4.69) is 5.32 Å². The molecule has 0 spiro atoms. The molecule has 8 nitrogen and oxygen atoms in total. The Morgan fingerprint density at radius 3 is 2.50 bits per heavy atom. The molecule has 9 heteroatoms. The molecule has 1 unspecified atom stereocenters. The lowest BCUT2D eigenvalue weighted by molar-refractivity contribution is -0.118. The number of rotatable bonds is 7. The highest BCUT2D eigenvalue weighted by molar-refractivity contribution is 8.15. The molecule has 5 rings (SSSR count). The first-order chi connectivity index (χ1) is 17.3. The predicted molar refractivity (Wildman–Crippen MR) is 138 cm³/mol. The largest absolute Gasteiger partial charge is 0.508 e. The van der Waals surface area contributed by atoms with E-state index in [9.17, 15) is 14.7 Å². The Bertz CT molecular complexity index is 1480. The second kappa shape index (κ2) is 9.58. The first kappa shape index (κ1) is 23.7. The van der Waals surface area contributed by atoms with Gasteiger partial charge in [-0.1, -0.05) is 23.9 Å². The summed E-state index contributed by atoms with van der Waals surface area (Å²) in [5.74, 6) is 2.83. The molecule has 0 radical (unpaired) electrons. The zero-order valence-electron chi connectivity index (χ0n) is 20.1. The molecule has 4 aromatic rings. The second-order valence-corrected chi connectivity index (χ2v) is 9.87. The molecule has 1 aliphatic heterocycles. The molecule has 0 aliphatic carbocycles. The predicted octanol–water partition coefficient (Wildman–Crippen LogP) is 5.16. The summed E-state index contributed by atoms with van der Waals surface area (Å²) in [4.78, 5) is 27.8. The number of benzene rings is 3. The number of nitrogens with one attached hydrogen (secondary N) is 1. The number of phenols is 1. The van der Waals surface area contributed by atoms with Gasteiger partial charge in [0.25, 0.3) is 5.24 Å². The Hall–Kier alpha value is -3.98. The van der Waals surface area contributed by atoms with E-state index in [0.717, 1.165) is 45.3 Å². The number of phenolic OH excluding ortho intramolecular Hbond substituents is 1. The third-order valence-corrected chi connectivity index (χ3v) is 7.34. The van der Waals surface area contributed by atoms with E-state index < -0.39 is 0 Å². The lowest BCUT2D eigenvalue weighted by Crippen LogP contribution is -2.25. The number of aromatic nitrogens is 2. The Balaban J connectivity index is 1.26. The van der Waals surface area contributed by atoms with Crippen LogP contribution in [0.4, 0.5) is 4.79 Å². The topological polar surface area (TPSA) is 103 Å². The molecule has 2 amide bonds. The second-order valence-electron chi connectivity index (χ2n) is 8.69. The highest BCUT2D eigenvalue weighted by Crippen LogP contribution is 2.33. The molecule has 36 heavy (non-hydrogen) atoms. The average molecular weight is 504 g/mol. The van der Waals surface area contributed by atoms with Gasteiger partial charge in [0.15, 0.2) is 0 Å². The number of fused-ring (bicyclic) bond motifs is 1. The third-order valence-electron chi connectivity index (χ3n) is 6.36. The van der Waals surface area contributed by atoms with Crippen molar-refractivity contribution in [3.8, 4) is 23.0 Å². The number of carbonyl (C=O) groups excluding carboxylic acids is 2. The number of imide groups is 1. The van der Waals surface area contributed by atoms with Crippen LogP contribution in [0.5, 0.6) is 23.0 Å². The minimum absolute atomic E-state index is 0.242. The lowest BCUT2D eigenvalue weighted by atomic mass is 10.1. The molecular weight excluding hydrogens is 478 g/mol. The standard InChI is InChI=1S/C27H25N3O5S/c1-15-16(2)23(11-10-22(15)31)35-19-8-9-20-21(13-19)30(3)25(28-20)14-34-18-6-4-17(5-7-18)12-24-26(32)29-27(33)36-24/h4-11,13,24,31H,12,14H2,1-3H3,(H,29,32,33). The molecule has 1 fully saturated rings. The van der Waals surface area contributed by atoms with E-state index in [1.807, 2.05) is 67.9 Å². The molecule has 1 saturated heterocycles. The fraction of sp³-hybridized carbons (Fsp3) is 0.222. The number of thioether (sulfide) groups is 1. The van der Waals surface area contributed by atoms with Crippen LogP contribution in [0.1, 0.15) is 22.5 Å². The van der Waals surface area contributed by atoms with Crippen LogP contribution in [0.3, 0.4) is 0 Å². The van der Waals surface area contributed by atoms with Gasteiger partial charge < -0.3 is 19.1 Å². The molecule has 0 bridgehead atoms. The molecular formula is C27H25N3O5S. The average Bonchev–Trinajstić information content (AvgIpc) is 3.35. The summed E-state index contributed by atoms with van der Waals surface area (Å²) >= 11 is 1.03. The van der Waals surface area contributed by atoms with Crippen LogP contribution in [-0.2, 0) is 24.9 Å². The number of nitrogens with zero attached hydrogens (tertiary/aromatic N) is 2.